The molecule has 18 heavy (non-hydrogen) atoms. The zero-order chi connectivity index (χ0) is 13.1. The summed E-state index contributed by atoms with van der Waals surface area (Å²) in [5.41, 5.74) is 0.744. The highest BCUT2D eigenvalue weighted by atomic mass is 35.5. The first-order chi connectivity index (χ1) is 8.61. The van der Waals surface area contributed by atoms with E-state index in [9.17, 15) is 9.59 Å². The highest BCUT2D eigenvalue weighted by molar-refractivity contribution is 6.30. The van der Waals surface area contributed by atoms with Crippen LogP contribution in [0.15, 0.2) is 18.2 Å². The molecule has 1 aliphatic rings. The number of halogens is 1. The monoisotopic (exact) mass is 267 g/mol. The Morgan fingerprint density at radius 1 is 1.28 bits per heavy atom. The van der Waals surface area contributed by atoms with Crippen molar-refractivity contribution in [2.45, 2.75) is 25.8 Å². The third-order valence-corrected chi connectivity index (χ3v) is 3.19. The van der Waals surface area contributed by atoms with Crippen LogP contribution in [0.2, 0.25) is 5.02 Å². The number of likely N-dealkylation sites (tertiary alicyclic amines) is 1. The molecule has 1 saturated heterocycles. The zero-order valence-electron chi connectivity index (χ0n) is 10.1. The standard InChI is InChI=1S/C13H14ClNO3/c1-18-11-6-5-10(14)7-9(11)8-15-12(16)3-2-4-13(15)17/h5-7H,2-4,8H2,1H3. The van der Waals surface area contributed by atoms with Crippen LogP contribution < -0.4 is 4.74 Å². The molecule has 1 fully saturated rings. The Morgan fingerprint density at radius 3 is 2.56 bits per heavy atom. The Balaban J connectivity index is 2.24. The van der Waals surface area contributed by atoms with Gasteiger partial charge in [0.25, 0.3) is 0 Å². The molecule has 1 heterocycles. The summed E-state index contributed by atoms with van der Waals surface area (Å²) in [6.45, 7) is 0.224. The fourth-order valence-electron chi connectivity index (χ4n) is 2.02. The summed E-state index contributed by atoms with van der Waals surface area (Å²) < 4.78 is 5.20. The molecule has 1 aromatic rings. The largest absolute Gasteiger partial charge is 0.496 e. The maximum absolute atomic E-state index is 11.7. The third-order valence-electron chi connectivity index (χ3n) is 2.95. The van der Waals surface area contributed by atoms with Crippen LogP contribution in [-0.4, -0.2) is 23.8 Å². The fourth-order valence-corrected chi connectivity index (χ4v) is 2.21. The molecule has 0 saturated carbocycles. The number of hydrogen-bond donors (Lipinski definition) is 0. The molecule has 0 atom stereocenters. The first kappa shape index (κ1) is 12.9. The van der Waals surface area contributed by atoms with Crippen molar-refractivity contribution in [3.05, 3.63) is 28.8 Å². The number of ether oxygens (including phenoxy) is 1. The van der Waals surface area contributed by atoms with E-state index in [-0.39, 0.29) is 18.4 Å². The highest BCUT2D eigenvalue weighted by Gasteiger charge is 2.26. The summed E-state index contributed by atoms with van der Waals surface area (Å²) in [7, 11) is 1.55. The van der Waals surface area contributed by atoms with Crippen LogP contribution in [0.5, 0.6) is 5.75 Å². The lowest BCUT2D eigenvalue weighted by atomic mass is 10.1. The average Bonchev–Trinajstić information content (AvgIpc) is 2.34. The van der Waals surface area contributed by atoms with Crippen molar-refractivity contribution in [3.8, 4) is 5.75 Å². The van der Waals surface area contributed by atoms with Crippen molar-refractivity contribution in [1.82, 2.24) is 4.90 Å². The molecule has 5 heteroatoms. The molecule has 0 aliphatic carbocycles. The van der Waals surface area contributed by atoms with Gasteiger partial charge in [0.1, 0.15) is 5.75 Å². The first-order valence-electron chi connectivity index (χ1n) is 5.77. The predicted molar refractivity (Wildman–Crippen MR) is 67.4 cm³/mol. The maximum atomic E-state index is 11.7. The van der Waals surface area contributed by atoms with Gasteiger partial charge in [-0.15, -0.1) is 0 Å². The van der Waals surface area contributed by atoms with Gasteiger partial charge in [0.05, 0.1) is 13.7 Å². The van der Waals surface area contributed by atoms with E-state index in [1.807, 2.05) is 0 Å². The lowest BCUT2D eigenvalue weighted by Gasteiger charge is -2.25. The number of methoxy groups -OCH3 is 1. The molecule has 0 spiro atoms. The SMILES string of the molecule is COc1ccc(Cl)cc1CN1C(=O)CCCC1=O. The molecule has 0 aromatic heterocycles. The summed E-state index contributed by atoms with van der Waals surface area (Å²) in [6.07, 6.45) is 1.49. The quantitative estimate of drug-likeness (QED) is 0.790. The van der Waals surface area contributed by atoms with Crippen molar-refractivity contribution in [1.29, 1.82) is 0 Å². The van der Waals surface area contributed by atoms with E-state index >= 15 is 0 Å². The number of imide groups is 1. The number of nitrogens with zero attached hydrogens (tertiary/aromatic N) is 1. The number of carbonyl (C=O) groups is 2. The number of benzene rings is 1. The number of hydrogen-bond acceptors (Lipinski definition) is 3. The Hall–Kier alpha value is -1.55. The second kappa shape index (κ2) is 5.40. The molecule has 2 rings (SSSR count). The maximum Gasteiger partial charge on any atom is 0.229 e. The van der Waals surface area contributed by atoms with E-state index in [0.29, 0.717) is 30.0 Å². The Kier molecular flexibility index (Phi) is 3.87. The molecule has 0 unspecified atom stereocenters. The van der Waals surface area contributed by atoms with Gasteiger partial charge in [0, 0.05) is 23.4 Å². The molecule has 1 aliphatic heterocycles. The molecule has 2 amide bonds. The third kappa shape index (κ3) is 2.64. The topological polar surface area (TPSA) is 46.6 Å². The average molecular weight is 268 g/mol. The van der Waals surface area contributed by atoms with Crippen LogP contribution in [-0.2, 0) is 16.1 Å². The van der Waals surface area contributed by atoms with E-state index in [1.165, 1.54) is 4.90 Å². The number of amides is 2. The number of piperidine rings is 1. The molecule has 0 bridgehead atoms. The summed E-state index contributed by atoms with van der Waals surface area (Å²) in [5, 5.41) is 0.558. The van der Waals surface area contributed by atoms with E-state index in [0.717, 1.165) is 5.56 Å². The van der Waals surface area contributed by atoms with Crippen molar-refractivity contribution < 1.29 is 14.3 Å². The van der Waals surface area contributed by atoms with Crippen LogP contribution in [0, 0.1) is 0 Å². The summed E-state index contributed by atoms with van der Waals surface area (Å²) in [4.78, 5) is 24.7. The fraction of sp³-hybridized carbons (Fsp3) is 0.385. The molecular formula is C13H14ClNO3. The van der Waals surface area contributed by atoms with Gasteiger partial charge >= 0.3 is 0 Å². The summed E-state index contributed by atoms with van der Waals surface area (Å²) in [5.74, 6) is 0.368. The smallest absolute Gasteiger partial charge is 0.229 e. The number of carbonyl (C=O) groups excluding carboxylic acids is 2. The second-order valence-electron chi connectivity index (χ2n) is 4.18. The van der Waals surface area contributed by atoms with Crippen molar-refractivity contribution in [3.63, 3.8) is 0 Å². The van der Waals surface area contributed by atoms with Gasteiger partial charge in [-0.3, -0.25) is 14.5 Å². The van der Waals surface area contributed by atoms with Gasteiger partial charge in [-0.2, -0.15) is 0 Å². The van der Waals surface area contributed by atoms with Gasteiger partial charge in [0.2, 0.25) is 11.8 Å². The number of rotatable bonds is 3. The molecule has 4 nitrogen and oxygen atoms in total. The summed E-state index contributed by atoms with van der Waals surface area (Å²) in [6, 6.07) is 5.16. The van der Waals surface area contributed by atoms with Crippen LogP contribution >= 0.6 is 11.6 Å². The summed E-state index contributed by atoms with van der Waals surface area (Å²) >= 11 is 5.92. The molecule has 1 aromatic carbocycles. The molecule has 0 N–H and O–H groups in total. The predicted octanol–water partition coefficient (Wildman–Crippen LogP) is 2.39. The van der Waals surface area contributed by atoms with Gasteiger partial charge in [-0.25, -0.2) is 0 Å². The zero-order valence-corrected chi connectivity index (χ0v) is 10.9. The minimum Gasteiger partial charge on any atom is -0.496 e. The van der Waals surface area contributed by atoms with Crippen molar-refractivity contribution in [2.24, 2.45) is 0 Å². The normalized spacial score (nSPS) is 16.0. The van der Waals surface area contributed by atoms with E-state index in [2.05, 4.69) is 0 Å². The van der Waals surface area contributed by atoms with Crippen molar-refractivity contribution >= 4 is 23.4 Å². The van der Waals surface area contributed by atoms with Crippen LogP contribution in [0.4, 0.5) is 0 Å². The van der Waals surface area contributed by atoms with Gasteiger partial charge < -0.3 is 4.74 Å². The van der Waals surface area contributed by atoms with Crippen LogP contribution in [0.25, 0.3) is 0 Å². The highest BCUT2D eigenvalue weighted by Crippen LogP contribution is 2.25. The van der Waals surface area contributed by atoms with Crippen molar-refractivity contribution in [2.75, 3.05) is 7.11 Å². The Morgan fingerprint density at radius 2 is 1.94 bits per heavy atom. The van der Waals surface area contributed by atoms with Crippen LogP contribution in [0.3, 0.4) is 0 Å². The van der Waals surface area contributed by atoms with E-state index in [1.54, 1.807) is 25.3 Å². The minimum atomic E-state index is -0.131. The minimum absolute atomic E-state index is 0.131. The van der Waals surface area contributed by atoms with E-state index < -0.39 is 0 Å². The molecular weight excluding hydrogens is 254 g/mol. The lowest BCUT2D eigenvalue weighted by Crippen LogP contribution is -2.39. The van der Waals surface area contributed by atoms with Gasteiger partial charge in [0.15, 0.2) is 0 Å². The Labute approximate surface area is 110 Å². The lowest BCUT2D eigenvalue weighted by molar-refractivity contribution is -0.148. The van der Waals surface area contributed by atoms with Gasteiger partial charge in [-0.1, -0.05) is 11.6 Å². The first-order valence-corrected chi connectivity index (χ1v) is 6.15. The second-order valence-corrected chi connectivity index (χ2v) is 4.62. The molecule has 0 radical (unpaired) electrons. The molecule has 96 valence electrons. The van der Waals surface area contributed by atoms with E-state index in [4.69, 9.17) is 16.3 Å². The van der Waals surface area contributed by atoms with Crippen LogP contribution in [0.1, 0.15) is 24.8 Å². The Bertz CT molecular complexity index is 471. The van der Waals surface area contributed by atoms with Gasteiger partial charge in [-0.05, 0) is 24.6 Å².